The van der Waals surface area contributed by atoms with Crippen LogP contribution in [-0.2, 0) is 22.4 Å². The molecule has 0 bridgehead atoms. The van der Waals surface area contributed by atoms with Crippen LogP contribution in [0.25, 0.3) is 10.9 Å². The largest absolute Gasteiger partial charge is 0.449 e. The van der Waals surface area contributed by atoms with E-state index >= 15 is 0 Å². The van der Waals surface area contributed by atoms with Crippen LogP contribution in [-0.4, -0.2) is 29.5 Å². The molecule has 1 aliphatic carbocycles. The third-order valence-corrected chi connectivity index (χ3v) is 4.91. The summed E-state index contributed by atoms with van der Waals surface area (Å²) >= 11 is 0. The number of para-hydroxylation sites is 1. The van der Waals surface area contributed by atoms with Gasteiger partial charge in [0, 0.05) is 17.6 Å². The fourth-order valence-electron chi connectivity index (χ4n) is 3.46. The van der Waals surface area contributed by atoms with E-state index in [0.717, 1.165) is 47.8 Å². The third kappa shape index (κ3) is 3.71. The summed E-state index contributed by atoms with van der Waals surface area (Å²) in [6.45, 7) is 6.36. The van der Waals surface area contributed by atoms with Crippen molar-refractivity contribution >= 4 is 22.8 Å². The molecule has 0 radical (unpaired) electrons. The number of esters is 1. The van der Waals surface area contributed by atoms with E-state index in [9.17, 15) is 9.59 Å². The molecule has 2 aromatic rings. The highest BCUT2D eigenvalue weighted by Crippen LogP contribution is 2.32. The van der Waals surface area contributed by atoms with E-state index in [1.807, 2.05) is 31.2 Å². The Morgan fingerprint density at radius 3 is 2.88 bits per heavy atom. The topological polar surface area (TPSA) is 68.3 Å². The number of benzene rings is 1. The van der Waals surface area contributed by atoms with Crippen molar-refractivity contribution in [2.45, 2.75) is 52.6 Å². The fourth-order valence-corrected chi connectivity index (χ4v) is 3.46. The van der Waals surface area contributed by atoms with Gasteiger partial charge in [-0.3, -0.25) is 9.78 Å². The molecular formula is C21H26N2O3. The number of ether oxygens (including phenoxy) is 1. The first-order valence-corrected chi connectivity index (χ1v) is 9.40. The standard InChI is InChI=1S/C21H26N2O3/c1-4-11-22-20(24)14(3)26-21(25)19-15-7-5-6-8-17(15)23-18-10-9-13(2)12-16(18)19/h5-8,13-14H,4,9-12H2,1-3H3,(H,22,24)/t13-,14-/m1/s1. The van der Waals surface area contributed by atoms with Gasteiger partial charge in [-0.05, 0) is 50.2 Å². The van der Waals surface area contributed by atoms with Gasteiger partial charge in [0.25, 0.3) is 5.91 Å². The molecule has 2 atom stereocenters. The van der Waals surface area contributed by atoms with Crippen LogP contribution in [0.2, 0.25) is 0 Å². The molecule has 1 amide bonds. The van der Waals surface area contributed by atoms with Crippen molar-refractivity contribution in [2.24, 2.45) is 5.92 Å². The van der Waals surface area contributed by atoms with E-state index < -0.39 is 12.1 Å². The maximum atomic E-state index is 13.0. The van der Waals surface area contributed by atoms with Crippen LogP contribution >= 0.6 is 0 Å². The van der Waals surface area contributed by atoms with Crippen molar-refractivity contribution < 1.29 is 14.3 Å². The van der Waals surface area contributed by atoms with E-state index in [1.165, 1.54) is 0 Å². The summed E-state index contributed by atoms with van der Waals surface area (Å²) in [6.07, 6.45) is 2.77. The lowest BCUT2D eigenvalue weighted by Gasteiger charge is -2.24. The highest BCUT2D eigenvalue weighted by Gasteiger charge is 2.28. The van der Waals surface area contributed by atoms with E-state index in [1.54, 1.807) is 6.92 Å². The van der Waals surface area contributed by atoms with Gasteiger partial charge in [0.05, 0.1) is 11.1 Å². The lowest BCUT2D eigenvalue weighted by molar-refractivity contribution is -0.129. The van der Waals surface area contributed by atoms with Gasteiger partial charge in [0.1, 0.15) is 0 Å². The minimum atomic E-state index is -0.822. The number of aromatic nitrogens is 1. The Labute approximate surface area is 154 Å². The molecule has 0 fully saturated rings. The zero-order valence-electron chi connectivity index (χ0n) is 15.7. The molecule has 1 aliphatic rings. The number of aryl methyl sites for hydroxylation is 1. The first kappa shape index (κ1) is 18.4. The average Bonchev–Trinajstić information content (AvgIpc) is 2.63. The Bertz CT molecular complexity index is 831. The molecule has 3 rings (SSSR count). The molecule has 1 heterocycles. The zero-order valence-corrected chi connectivity index (χ0v) is 15.7. The van der Waals surface area contributed by atoms with Crippen LogP contribution in [0.15, 0.2) is 24.3 Å². The van der Waals surface area contributed by atoms with Gasteiger partial charge in [0.15, 0.2) is 6.10 Å². The molecule has 0 aliphatic heterocycles. The molecule has 1 aromatic carbocycles. The van der Waals surface area contributed by atoms with Gasteiger partial charge < -0.3 is 10.1 Å². The van der Waals surface area contributed by atoms with Crippen LogP contribution in [0.1, 0.15) is 55.2 Å². The Balaban J connectivity index is 1.96. The average molecular weight is 354 g/mol. The highest BCUT2D eigenvalue weighted by molar-refractivity contribution is 6.05. The summed E-state index contributed by atoms with van der Waals surface area (Å²) < 4.78 is 5.53. The summed E-state index contributed by atoms with van der Waals surface area (Å²) in [7, 11) is 0. The zero-order chi connectivity index (χ0) is 18.7. The predicted molar refractivity (Wildman–Crippen MR) is 101 cm³/mol. The van der Waals surface area contributed by atoms with Gasteiger partial charge in [-0.2, -0.15) is 0 Å². The Hall–Kier alpha value is -2.43. The molecule has 5 heteroatoms. The molecule has 0 saturated heterocycles. The van der Waals surface area contributed by atoms with E-state index in [-0.39, 0.29) is 5.91 Å². The number of nitrogens with one attached hydrogen (secondary N) is 1. The number of carbonyl (C=O) groups excluding carboxylic acids is 2. The smallest absolute Gasteiger partial charge is 0.339 e. The van der Waals surface area contributed by atoms with Gasteiger partial charge in [0.2, 0.25) is 0 Å². The summed E-state index contributed by atoms with van der Waals surface area (Å²) in [6, 6.07) is 7.64. The summed E-state index contributed by atoms with van der Waals surface area (Å²) in [5.41, 5.74) is 3.34. The first-order valence-electron chi connectivity index (χ1n) is 9.40. The Morgan fingerprint density at radius 2 is 2.12 bits per heavy atom. The van der Waals surface area contributed by atoms with Gasteiger partial charge >= 0.3 is 5.97 Å². The lowest BCUT2D eigenvalue weighted by atomic mass is 9.84. The Kier molecular flexibility index (Phi) is 5.55. The van der Waals surface area contributed by atoms with Crippen LogP contribution < -0.4 is 5.32 Å². The fraction of sp³-hybridized carbons (Fsp3) is 0.476. The first-order chi connectivity index (χ1) is 12.5. The normalized spacial score (nSPS) is 17.4. The number of carbonyl (C=O) groups is 2. The lowest BCUT2D eigenvalue weighted by Crippen LogP contribution is -2.36. The van der Waals surface area contributed by atoms with Gasteiger partial charge in [-0.15, -0.1) is 0 Å². The molecule has 1 N–H and O–H groups in total. The maximum Gasteiger partial charge on any atom is 0.339 e. The van der Waals surface area contributed by atoms with Gasteiger partial charge in [-0.1, -0.05) is 32.0 Å². The van der Waals surface area contributed by atoms with Crippen LogP contribution in [0.3, 0.4) is 0 Å². The van der Waals surface area contributed by atoms with Crippen molar-refractivity contribution in [2.75, 3.05) is 6.54 Å². The summed E-state index contributed by atoms with van der Waals surface area (Å²) in [5, 5.41) is 3.56. The Morgan fingerprint density at radius 1 is 1.35 bits per heavy atom. The SMILES string of the molecule is CCCNC(=O)[C@@H](C)OC(=O)c1c2c(nc3ccccc13)CC[C@@H](C)C2. The summed E-state index contributed by atoms with van der Waals surface area (Å²) in [4.78, 5) is 29.8. The predicted octanol–water partition coefficient (Wildman–Crippen LogP) is 3.43. The van der Waals surface area contributed by atoms with E-state index in [2.05, 4.69) is 12.2 Å². The molecule has 0 saturated carbocycles. The molecule has 0 spiro atoms. The van der Waals surface area contributed by atoms with E-state index in [0.29, 0.717) is 18.0 Å². The number of rotatable bonds is 5. The number of pyridine rings is 1. The highest BCUT2D eigenvalue weighted by atomic mass is 16.5. The molecular weight excluding hydrogens is 328 g/mol. The van der Waals surface area contributed by atoms with Crippen molar-refractivity contribution in [1.82, 2.24) is 10.3 Å². The van der Waals surface area contributed by atoms with Crippen molar-refractivity contribution in [3.8, 4) is 0 Å². The second kappa shape index (κ2) is 7.85. The minimum Gasteiger partial charge on any atom is -0.449 e. The molecule has 5 nitrogen and oxygen atoms in total. The van der Waals surface area contributed by atoms with Gasteiger partial charge in [-0.25, -0.2) is 4.79 Å². The quantitative estimate of drug-likeness (QED) is 0.835. The number of nitrogens with zero attached hydrogens (tertiary/aromatic N) is 1. The van der Waals surface area contributed by atoms with E-state index in [4.69, 9.17) is 9.72 Å². The second-order valence-corrected chi connectivity index (χ2v) is 7.12. The third-order valence-electron chi connectivity index (χ3n) is 4.91. The van der Waals surface area contributed by atoms with Crippen molar-refractivity contribution in [1.29, 1.82) is 0 Å². The van der Waals surface area contributed by atoms with Crippen LogP contribution in [0.5, 0.6) is 0 Å². The molecule has 138 valence electrons. The summed E-state index contributed by atoms with van der Waals surface area (Å²) in [5.74, 6) is -0.198. The van der Waals surface area contributed by atoms with Crippen LogP contribution in [0, 0.1) is 5.92 Å². The number of hydrogen-bond acceptors (Lipinski definition) is 4. The second-order valence-electron chi connectivity index (χ2n) is 7.12. The minimum absolute atomic E-state index is 0.263. The number of fused-ring (bicyclic) bond motifs is 2. The van der Waals surface area contributed by atoms with Crippen molar-refractivity contribution in [3.63, 3.8) is 0 Å². The molecule has 1 aromatic heterocycles. The number of amides is 1. The van der Waals surface area contributed by atoms with Crippen molar-refractivity contribution in [3.05, 3.63) is 41.1 Å². The molecule has 26 heavy (non-hydrogen) atoms. The van der Waals surface area contributed by atoms with Crippen LogP contribution in [0.4, 0.5) is 0 Å². The number of hydrogen-bond donors (Lipinski definition) is 1. The monoisotopic (exact) mass is 354 g/mol. The maximum absolute atomic E-state index is 13.0. The molecule has 0 unspecified atom stereocenters.